The molecule has 1 N–H and O–H groups in total. The van der Waals surface area contributed by atoms with Crippen LogP contribution in [0.5, 0.6) is 11.5 Å². The number of methoxy groups -OCH3 is 1. The molecular weight excluding hydrogens is 354 g/mol. The number of benzene rings is 2. The van der Waals surface area contributed by atoms with Gasteiger partial charge in [-0.3, -0.25) is 0 Å². The zero-order valence-corrected chi connectivity index (χ0v) is 15.8. The average molecular weight is 377 g/mol. The van der Waals surface area contributed by atoms with Gasteiger partial charge in [0.1, 0.15) is 17.5 Å². The van der Waals surface area contributed by atoms with Crippen molar-refractivity contribution in [1.82, 2.24) is 4.72 Å². The summed E-state index contributed by atoms with van der Waals surface area (Å²) in [4.78, 5) is 12.5. The van der Waals surface area contributed by atoms with Crippen molar-refractivity contribution in [2.45, 2.75) is 31.2 Å². The third-order valence-electron chi connectivity index (χ3n) is 3.62. The van der Waals surface area contributed by atoms with Crippen LogP contribution in [0, 0.1) is 5.92 Å². The number of esters is 1. The summed E-state index contributed by atoms with van der Waals surface area (Å²) in [5.74, 6) is 0.380. The molecule has 0 spiro atoms. The normalized spacial score (nSPS) is 12.6. The zero-order valence-electron chi connectivity index (χ0n) is 15.0. The third kappa shape index (κ3) is 5.57. The van der Waals surface area contributed by atoms with Gasteiger partial charge in [-0.1, -0.05) is 32.0 Å². The van der Waals surface area contributed by atoms with Crippen LogP contribution in [0.1, 0.15) is 20.3 Å². The Morgan fingerprint density at radius 2 is 1.62 bits per heavy atom. The second kappa shape index (κ2) is 8.82. The van der Waals surface area contributed by atoms with Crippen molar-refractivity contribution in [2.75, 3.05) is 7.11 Å². The first-order chi connectivity index (χ1) is 12.3. The van der Waals surface area contributed by atoms with E-state index in [1.807, 2.05) is 13.8 Å². The fourth-order valence-corrected chi connectivity index (χ4v) is 3.55. The summed E-state index contributed by atoms with van der Waals surface area (Å²) < 4.78 is 38.0. The standard InChI is InChI=1S/C19H23NO5S/c1-14(2)13-18(19(21)25-16-7-5-4-6-8-16)20-26(22,23)17-11-9-15(24-3)10-12-17/h4-12,14,18,20H,13H2,1-3H3/t18-/m1/s1. The van der Waals surface area contributed by atoms with E-state index >= 15 is 0 Å². The number of rotatable bonds is 8. The zero-order chi connectivity index (χ0) is 19.2. The molecule has 0 aromatic heterocycles. The summed E-state index contributed by atoms with van der Waals surface area (Å²) in [6.45, 7) is 3.81. The molecule has 0 saturated heterocycles. The quantitative estimate of drug-likeness (QED) is 0.565. The summed E-state index contributed by atoms with van der Waals surface area (Å²) in [5, 5.41) is 0. The summed E-state index contributed by atoms with van der Waals surface area (Å²) in [7, 11) is -2.37. The number of carbonyl (C=O) groups excluding carboxylic acids is 1. The lowest BCUT2D eigenvalue weighted by molar-refractivity contribution is -0.136. The summed E-state index contributed by atoms with van der Waals surface area (Å²) in [6.07, 6.45) is 0.320. The number of ether oxygens (including phenoxy) is 2. The lowest BCUT2D eigenvalue weighted by Crippen LogP contribution is -2.43. The second-order valence-corrected chi connectivity index (χ2v) is 7.93. The Balaban J connectivity index is 2.18. The molecule has 6 nitrogen and oxygen atoms in total. The molecule has 0 heterocycles. The first-order valence-electron chi connectivity index (χ1n) is 8.25. The predicted octanol–water partition coefficient (Wildman–Crippen LogP) is 2.99. The second-order valence-electron chi connectivity index (χ2n) is 6.21. The van der Waals surface area contributed by atoms with Gasteiger partial charge in [0.2, 0.25) is 10.0 Å². The fraction of sp³-hybridized carbons (Fsp3) is 0.316. The first-order valence-corrected chi connectivity index (χ1v) is 9.73. The monoisotopic (exact) mass is 377 g/mol. The molecule has 0 saturated carbocycles. The van der Waals surface area contributed by atoms with E-state index < -0.39 is 22.0 Å². The SMILES string of the molecule is COc1ccc(S(=O)(=O)N[C@H](CC(C)C)C(=O)Oc2ccccc2)cc1. The minimum Gasteiger partial charge on any atom is -0.497 e. The maximum Gasteiger partial charge on any atom is 0.329 e. The molecule has 2 aromatic rings. The molecular formula is C19H23NO5S. The molecule has 0 unspecified atom stereocenters. The number of carbonyl (C=O) groups is 1. The molecule has 0 radical (unpaired) electrons. The van der Waals surface area contributed by atoms with Crippen LogP contribution >= 0.6 is 0 Å². The highest BCUT2D eigenvalue weighted by Crippen LogP contribution is 2.18. The van der Waals surface area contributed by atoms with E-state index in [4.69, 9.17) is 9.47 Å². The number of para-hydroxylation sites is 1. The molecule has 1 atom stereocenters. The maximum atomic E-state index is 12.6. The molecule has 26 heavy (non-hydrogen) atoms. The Kier molecular flexibility index (Phi) is 6.76. The van der Waals surface area contributed by atoms with Gasteiger partial charge in [-0.25, -0.2) is 13.2 Å². The van der Waals surface area contributed by atoms with E-state index in [-0.39, 0.29) is 10.8 Å². The van der Waals surface area contributed by atoms with Crippen molar-refractivity contribution in [3.63, 3.8) is 0 Å². The van der Waals surface area contributed by atoms with Gasteiger partial charge in [0.25, 0.3) is 0 Å². The van der Waals surface area contributed by atoms with Crippen molar-refractivity contribution in [2.24, 2.45) is 5.92 Å². The Morgan fingerprint density at radius 1 is 1.00 bits per heavy atom. The van der Waals surface area contributed by atoms with Crippen molar-refractivity contribution in [3.8, 4) is 11.5 Å². The first kappa shape index (κ1) is 19.9. The molecule has 0 bridgehead atoms. The van der Waals surface area contributed by atoms with Gasteiger partial charge in [0.15, 0.2) is 0 Å². The van der Waals surface area contributed by atoms with Crippen LogP contribution in [0.25, 0.3) is 0 Å². The summed E-state index contributed by atoms with van der Waals surface area (Å²) in [5.41, 5.74) is 0. The lowest BCUT2D eigenvalue weighted by Gasteiger charge is -2.19. The topological polar surface area (TPSA) is 81.7 Å². The third-order valence-corrected chi connectivity index (χ3v) is 5.11. The molecule has 2 aromatic carbocycles. The minimum absolute atomic E-state index is 0.0552. The summed E-state index contributed by atoms with van der Waals surface area (Å²) in [6, 6.07) is 13.5. The van der Waals surface area contributed by atoms with Crippen molar-refractivity contribution >= 4 is 16.0 Å². The Hall–Kier alpha value is -2.38. The van der Waals surface area contributed by atoms with Crippen LogP contribution in [0.3, 0.4) is 0 Å². The molecule has 0 aliphatic carbocycles. The number of hydrogen-bond donors (Lipinski definition) is 1. The van der Waals surface area contributed by atoms with Gasteiger partial charge in [-0.15, -0.1) is 0 Å². The van der Waals surface area contributed by atoms with Gasteiger partial charge in [-0.2, -0.15) is 4.72 Å². The lowest BCUT2D eigenvalue weighted by atomic mass is 10.1. The van der Waals surface area contributed by atoms with Gasteiger partial charge in [0, 0.05) is 0 Å². The van der Waals surface area contributed by atoms with Crippen LogP contribution < -0.4 is 14.2 Å². The van der Waals surface area contributed by atoms with Crippen LogP contribution in [0.2, 0.25) is 0 Å². The van der Waals surface area contributed by atoms with Crippen LogP contribution in [-0.2, 0) is 14.8 Å². The molecule has 140 valence electrons. The number of hydrogen-bond acceptors (Lipinski definition) is 5. The Morgan fingerprint density at radius 3 is 2.15 bits per heavy atom. The van der Waals surface area contributed by atoms with E-state index in [1.54, 1.807) is 42.5 Å². The highest BCUT2D eigenvalue weighted by atomic mass is 32.2. The number of sulfonamides is 1. The van der Waals surface area contributed by atoms with Crippen LogP contribution in [0.15, 0.2) is 59.5 Å². The smallest absolute Gasteiger partial charge is 0.329 e. The minimum atomic E-state index is -3.87. The molecule has 0 amide bonds. The fourth-order valence-electron chi connectivity index (χ4n) is 2.35. The Labute approximate surface area is 154 Å². The average Bonchev–Trinajstić information content (AvgIpc) is 2.61. The highest BCUT2D eigenvalue weighted by Gasteiger charge is 2.28. The van der Waals surface area contributed by atoms with Gasteiger partial charge in [-0.05, 0) is 48.7 Å². The number of nitrogens with one attached hydrogen (secondary N) is 1. The summed E-state index contributed by atoms with van der Waals surface area (Å²) >= 11 is 0. The van der Waals surface area contributed by atoms with Crippen LogP contribution in [-0.4, -0.2) is 27.5 Å². The molecule has 0 fully saturated rings. The largest absolute Gasteiger partial charge is 0.497 e. The van der Waals surface area contributed by atoms with E-state index in [2.05, 4.69) is 4.72 Å². The van der Waals surface area contributed by atoms with E-state index in [0.29, 0.717) is 17.9 Å². The van der Waals surface area contributed by atoms with Gasteiger partial charge < -0.3 is 9.47 Å². The van der Waals surface area contributed by atoms with E-state index in [9.17, 15) is 13.2 Å². The maximum absolute atomic E-state index is 12.6. The van der Waals surface area contributed by atoms with Crippen molar-refractivity contribution in [3.05, 3.63) is 54.6 Å². The highest BCUT2D eigenvalue weighted by molar-refractivity contribution is 7.89. The predicted molar refractivity (Wildman–Crippen MR) is 98.6 cm³/mol. The molecule has 0 aliphatic heterocycles. The van der Waals surface area contributed by atoms with Crippen LogP contribution in [0.4, 0.5) is 0 Å². The Bertz CT molecular complexity index is 817. The van der Waals surface area contributed by atoms with Gasteiger partial charge >= 0.3 is 5.97 Å². The molecule has 2 rings (SSSR count). The molecule has 0 aliphatic rings. The van der Waals surface area contributed by atoms with Gasteiger partial charge in [0.05, 0.1) is 12.0 Å². The van der Waals surface area contributed by atoms with Crippen molar-refractivity contribution in [1.29, 1.82) is 0 Å². The van der Waals surface area contributed by atoms with Crippen molar-refractivity contribution < 1.29 is 22.7 Å². The van der Waals surface area contributed by atoms with E-state index in [0.717, 1.165) is 0 Å². The van der Waals surface area contributed by atoms with E-state index in [1.165, 1.54) is 19.2 Å². The molecule has 7 heteroatoms.